The molecule has 6 heteroatoms. The lowest BCUT2D eigenvalue weighted by atomic mass is 10.2. The van der Waals surface area contributed by atoms with Crippen LogP contribution < -0.4 is 0 Å². The molecule has 0 bridgehead atoms. The van der Waals surface area contributed by atoms with E-state index < -0.39 is 0 Å². The van der Waals surface area contributed by atoms with Crippen molar-refractivity contribution in [3.05, 3.63) is 46.5 Å². The lowest BCUT2D eigenvalue weighted by molar-refractivity contribution is -0.142. The van der Waals surface area contributed by atoms with Gasteiger partial charge in [-0.15, -0.1) is 11.3 Å². The van der Waals surface area contributed by atoms with Gasteiger partial charge in [0.1, 0.15) is 4.34 Å². The molecule has 0 aliphatic rings. The van der Waals surface area contributed by atoms with Gasteiger partial charge in [-0.25, -0.2) is 4.98 Å². The highest BCUT2D eigenvalue weighted by molar-refractivity contribution is 8.00. The number of thioether (sulfide) groups is 1. The second kappa shape index (κ2) is 7.81. The van der Waals surface area contributed by atoms with Crippen molar-refractivity contribution in [1.82, 2.24) is 4.98 Å². The predicted octanol–water partition coefficient (Wildman–Crippen LogP) is 3.41. The van der Waals surface area contributed by atoms with Gasteiger partial charge in [-0.1, -0.05) is 23.9 Å². The molecule has 108 valence electrons. The molecule has 2 rings (SSSR count). The minimum atomic E-state index is -0.249. The first-order valence-electron chi connectivity index (χ1n) is 6.43. The van der Waals surface area contributed by atoms with Crippen LogP contribution in [0.2, 0.25) is 0 Å². The van der Waals surface area contributed by atoms with Crippen LogP contribution in [0.1, 0.15) is 23.7 Å². The van der Waals surface area contributed by atoms with E-state index in [0.717, 1.165) is 21.3 Å². The van der Waals surface area contributed by atoms with Crippen LogP contribution in [-0.2, 0) is 21.7 Å². The molecule has 21 heavy (non-hydrogen) atoms. The zero-order valence-corrected chi connectivity index (χ0v) is 13.2. The topological polar surface area (TPSA) is 63.0 Å². The number of nitriles is 1. The molecule has 1 aromatic carbocycles. The minimum Gasteiger partial charge on any atom is -0.466 e. The molecule has 0 N–H and O–H groups in total. The molecule has 2 aromatic rings. The summed E-state index contributed by atoms with van der Waals surface area (Å²) in [6, 6.07) is 9.66. The number of carbonyl (C=O) groups excluding carboxylic acids is 1. The van der Waals surface area contributed by atoms with Crippen molar-refractivity contribution >= 4 is 29.1 Å². The van der Waals surface area contributed by atoms with E-state index in [9.17, 15) is 4.79 Å². The summed E-state index contributed by atoms with van der Waals surface area (Å²) in [5.74, 6) is 0.503. The molecule has 0 aliphatic heterocycles. The van der Waals surface area contributed by atoms with Crippen molar-refractivity contribution in [2.75, 3.05) is 6.61 Å². The van der Waals surface area contributed by atoms with Crippen LogP contribution >= 0.6 is 23.1 Å². The standard InChI is InChI=1S/C15H14N2O2S2/c1-2-19-14(18)7-13-10-21-15(17-13)20-9-12-5-3-4-11(6-12)8-16/h3-6,10H,2,7,9H2,1H3. The van der Waals surface area contributed by atoms with Gasteiger partial charge in [0.05, 0.1) is 30.4 Å². The van der Waals surface area contributed by atoms with Crippen LogP contribution in [0, 0.1) is 11.3 Å². The SMILES string of the molecule is CCOC(=O)Cc1csc(SCc2cccc(C#N)c2)n1. The summed E-state index contributed by atoms with van der Waals surface area (Å²) in [4.78, 5) is 15.8. The minimum absolute atomic E-state index is 0.217. The summed E-state index contributed by atoms with van der Waals surface area (Å²) in [6.45, 7) is 2.18. The Bertz CT molecular complexity index is 662. The van der Waals surface area contributed by atoms with Crippen LogP contribution in [0.5, 0.6) is 0 Å². The Kier molecular flexibility index (Phi) is 5.78. The summed E-state index contributed by atoms with van der Waals surface area (Å²) in [7, 11) is 0. The second-order valence-electron chi connectivity index (χ2n) is 4.19. The second-order valence-corrected chi connectivity index (χ2v) is 6.27. The third-order valence-electron chi connectivity index (χ3n) is 2.58. The fourth-order valence-electron chi connectivity index (χ4n) is 1.67. The Balaban J connectivity index is 1.90. The van der Waals surface area contributed by atoms with E-state index in [1.807, 2.05) is 23.6 Å². The molecule has 0 fully saturated rings. The maximum atomic E-state index is 11.4. The maximum absolute atomic E-state index is 11.4. The predicted molar refractivity (Wildman–Crippen MR) is 83.2 cm³/mol. The first kappa shape index (κ1) is 15.5. The maximum Gasteiger partial charge on any atom is 0.311 e. The Labute approximate surface area is 131 Å². The smallest absolute Gasteiger partial charge is 0.311 e. The van der Waals surface area contributed by atoms with E-state index in [-0.39, 0.29) is 12.4 Å². The lowest BCUT2D eigenvalue weighted by Gasteiger charge is -2.00. The molecule has 1 heterocycles. The largest absolute Gasteiger partial charge is 0.466 e. The summed E-state index contributed by atoms with van der Waals surface area (Å²) >= 11 is 3.12. The number of ether oxygens (including phenoxy) is 1. The molecule has 4 nitrogen and oxygen atoms in total. The van der Waals surface area contributed by atoms with Gasteiger partial charge in [0.15, 0.2) is 0 Å². The Morgan fingerprint density at radius 2 is 2.38 bits per heavy atom. The summed E-state index contributed by atoms with van der Waals surface area (Å²) in [5, 5.41) is 10.7. The quantitative estimate of drug-likeness (QED) is 0.603. The van der Waals surface area contributed by atoms with Crippen molar-refractivity contribution < 1.29 is 9.53 Å². The van der Waals surface area contributed by atoms with Gasteiger partial charge in [0.2, 0.25) is 0 Å². The van der Waals surface area contributed by atoms with Crippen molar-refractivity contribution in [2.45, 2.75) is 23.4 Å². The van der Waals surface area contributed by atoms with E-state index in [1.165, 1.54) is 11.3 Å². The summed E-state index contributed by atoms with van der Waals surface area (Å²) in [6.07, 6.45) is 0.217. The number of esters is 1. The third kappa shape index (κ3) is 4.88. The number of hydrogen-bond donors (Lipinski definition) is 0. The van der Waals surface area contributed by atoms with Crippen LogP contribution in [0.3, 0.4) is 0 Å². The van der Waals surface area contributed by atoms with E-state index in [4.69, 9.17) is 10.00 Å². The number of aromatic nitrogens is 1. The molecule has 0 spiro atoms. The molecule has 0 saturated heterocycles. The molecular weight excluding hydrogens is 304 g/mol. The van der Waals surface area contributed by atoms with Crippen LogP contribution in [0.4, 0.5) is 0 Å². The fourth-order valence-corrected chi connectivity index (χ4v) is 3.46. The zero-order valence-electron chi connectivity index (χ0n) is 11.5. The first-order chi connectivity index (χ1) is 10.2. The molecule has 0 unspecified atom stereocenters. The van der Waals surface area contributed by atoms with Crippen molar-refractivity contribution in [3.8, 4) is 6.07 Å². The van der Waals surface area contributed by atoms with Crippen LogP contribution in [0.25, 0.3) is 0 Å². The number of thiazole rings is 1. The van der Waals surface area contributed by atoms with E-state index in [0.29, 0.717) is 12.2 Å². The van der Waals surface area contributed by atoms with E-state index >= 15 is 0 Å². The van der Waals surface area contributed by atoms with Gasteiger partial charge in [-0.2, -0.15) is 5.26 Å². The molecule has 0 saturated carbocycles. The number of carbonyl (C=O) groups is 1. The fraction of sp³-hybridized carbons (Fsp3) is 0.267. The zero-order chi connectivity index (χ0) is 15.1. The molecule has 0 aliphatic carbocycles. The Morgan fingerprint density at radius 1 is 1.52 bits per heavy atom. The lowest BCUT2D eigenvalue weighted by Crippen LogP contribution is -2.07. The number of nitrogens with zero attached hydrogens (tertiary/aromatic N) is 2. The van der Waals surface area contributed by atoms with Gasteiger partial charge >= 0.3 is 5.97 Å². The number of hydrogen-bond acceptors (Lipinski definition) is 6. The van der Waals surface area contributed by atoms with Crippen LogP contribution in [0.15, 0.2) is 34.0 Å². The summed E-state index contributed by atoms with van der Waals surface area (Å²) < 4.78 is 5.81. The average Bonchev–Trinajstić information content (AvgIpc) is 2.93. The van der Waals surface area contributed by atoms with Gasteiger partial charge in [0, 0.05) is 11.1 Å². The molecule has 0 amide bonds. The van der Waals surface area contributed by atoms with Crippen molar-refractivity contribution in [3.63, 3.8) is 0 Å². The molecular formula is C15H14N2O2S2. The molecule has 0 atom stereocenters. The monoisotopic (exact) mass is 318 g/mol. The Morgan fingerprint density at radius 3 is 3.14 bits per heavy atom. The first-order valence-corrected chi connectivity index (χ1v) is 8.29. The highest BCUT2D eigenvalue weighted by atomic mass is 32.2. The van der Waals surface area contributed by atoms with E-state index in [2.05, 4.69) is 11.1 Å². The highest BCUT2D eigenvalue weighted by Gasteiger charge is 2.09. The van der Waals surface area contributed by atoms with Gasteiger partial charge in [-0.05, 0) is 24.6 Å². The van der Waals surface area contributed by atoms with Gasteiger partial charge in [-0.3, -0.25) is 4.79 Å². The van der Waals surface area contributed by atoms with Gasteiger partial charge < -0.3 is 4.74 Å². The molecule has 1 aromatic heterocycles. The van der Waals surface area contributed by atoms with Gasteiger partial charge in [0.25, 0.3) is 0 Å². The highest BCUT2D eigenvalue weighted by Crippen LogP contribution is 2.26. The van der Waals surface area contributed by atoms with Crippen molar-refractivity contribution in [2.24, 2.45) is 0 Å². The number of benzene rings is 1. The van der Waals surface area contributed by atoms with Crippen LogP contribution in [-0.4, -0.2) is 17.6 Å². The average molecular weight is 318 g/mol. The third-order valence-corrected chi connectivity index (χ3v) is 4.72. The Hall–Kier alpha value is -1.84. The number of rotatable bonds is 6. The van der Waals surface area contributed by atoms with Crippen molar-refractivity contribution in [1.29, 1.82) is 5.26 Å². The van der Waals surface area contributed by atoms with E-state index in [1.54, 1.807) is 24.8 Å². The summed E-state index contributed by atoms with van der Waals surface area (Å²) in [5.41, 5.74) is 2.49. The molecule has 0 radical (unpaired) electrons. The normalized spacial score (nSPS) is 10.1.